The van der Waals surface area contributed by atoms with Crippen LogP contribution in [0.25, 0.3) is 0 Å². The van der Waals surface area contributed by atoms with Crippen molar-refractivity contribution in [1.82, 2.24) is 0 Å². The predicted octanol–water partition coefficient (Wildman–Crippen LogP) is 0.742. The summed E-state index contributed by atoms with van der Waals surface area (Å²) < 4.78 is 0. The molecule has 0 spiro atoms. The molecule has 1 unspecified atom stereocenters. The van der Waals surface area contributed by atoms with Gasteiger partial charge in [-0.05, 0) is 13.8 Å². The van der Waals surface area contributed by atoms with Gasteiger partial charge in [0, 0.05) is 0 Å². The summed E-state index contributed by atoms with van der Waals surface area (Å²) in [6.45, 7) is 3.11. The number of aliphatic imine (C=N–C) groups is 1. The monoisotopic (exact) mass is 155 g/mol. The van der Waals surface area contributed by atoms with Gasteiger partial charge in [0.1, 0.15) is 0 Å². The Hall–Kier alpha value is -1.41. The molecule has 0 amide bonds. The van der Waals surface area contributed by atoms with Crippen molar-refractivity contribution >= 4 is 12.0 Å². The molecule has 0 aromatic heterocycles. The van der Waals surface area contributed by atoms with Gasteiger partial charge in [-0.1, -0.05) is 6.08 Å². The van der Waals surface area contributed by atoms with Gasteiger partial charge in [0.25, 0.3) is 0 Å². The third kappa shape index (κ3) is 2.78. The number of rotatable bonds is 3. The van der Waals surface area contributed by atoms with Crippen molar-refractivity contribution in [2.45, 2.75) is 19.9 Å². The van der Waals surface area contributed by atoms with Gasteiger partial charge in [0.15, 0.2) is 0 Å². The molecule has 0 saturated heterocycles. The summed E-state index contributed by atoms with van der Waals surface area (Å²) in [7, 11) is 0. The Morgan fingerprint density at radius 2 is 2.27 bits per heavy atom. The maximum Gasteiger partial charge on any atom is 0.333 e. The maximum absolute atomic E-state index is 10.4. The summed E-state index contributed by atoms with van der Waals surface area (Å²) in [6.07, 6.45) is 2.72. The summed E-state index contributed by atoms with van der Waals surface area (Å²) in [5.74, 6) is -1.06. The van der Waals surface area contributed by atoms with Gasteiger partial charge >= 0.3 is 5.97 Å². The molecule has 1 atom stereocenters. The van der Waals surface area contributed by atoms with Crippen LogP contribution in [0.5, 0.6) is 0 Å². The topological polar surface area (TPSA) is 66.7 Å². The van der Waals surface area contributed by atoms with Crippen molar-refractivity contribution in [2.75, 3.05) is 0 Å². The number of allylic oxidation sites excluding steroid dienone is 1. The van der Waals surface area contributed by atoms with E-state index in [9.17, 15) is 9.59 Å². The number of carbonyl (C=O) groups excluding carboxylic acids is 1. The zero-order valence-corrected chi connectivity index (χ0v) is 6.37. The Morgan fingerprint density at radius 3 is 2.55 bits per heavy atom. The minimum atomic E-state index is -1.06. The smallest absolute Gasteiger partial charge is 0.333 e. The number of carbonyl (C=O) groups is 1. The van der Waals surface area contributed by atoms with Crippen molar-refractivity contribution in [3.8, 4) is 0 Å². The molecule has 4 nitrogen and oxygen atoms in total. The van der Waals surface area contributed by atoms with E-state index in [4.69, 9.17) is 5.11 Å². The largest absolute Gasteiger partial charge is 0.478 e. The molecule has 4 heteroatoms. The zero-order valence-electron chi connectivity index (χ0n) is 6.37. The highest BCUT2D eigenvalue weighted by atomic mass is 16.4. The van der Waals surface area contributed by atoms with Gasteiger partial charge in [0.05, 0.1) is 11.6 Å². The van der Waals surface area contributed by atoms with E-state index >= 15 is 0 Å². The second kappa shape index (κ2) is 4.41. The van der Waals surface area contributed by atoms with Gasteiger partial charge in [-0.3, -0.25) is 0 Å². The van der Waals surface area contributed by atoms with Gasteiger partial charge in [-0.15, -0.1) is 0 Å². The Balaban J connectivity index is 4.53. The highest BCUT2D eigenvalue weighted by Crippen LogP contribution is 2.04. The second-order valence-electron chi connectivity index (χ2n) is 1.95. The molecule has 11 heavy (non-hydrogen) atoms. The maximum atomic E-state index is 10.4. The van der Waals surface area contributed by atoms with Crippen molar-refractivity contribution in [3.63, 3.8) is 0 Å². The number of hydrogen-bond donors (Lipinski definition) is 1. The summed E-state index contributed by atoms with van der Waals surface area (Å²) in [4.78, 5) is 23.4. The van der Waals surface area contributed by atoms with Crippen LogP contribution in [0.2, 0.25) is 0 Å². The average Bonchev–Trinajstić information content (AvgIpc) is 1.88. The minimum absolute atomic E-state index is 0.105. The highest BCUT2D eigenvalue weighted by molar-refractivity contribution is 5.88. The van der Waals surface area contributed by atoms with Crippen molar-refractivity contribution in [1.29, 1.82) is 0 Å². The lowest BCUT2D eigenvalue weighted by Gasteiger charge is -2.02. The van der Waals surface area contributed by atoms with Crippen LogP contribution in [0.4, 0.5) is 0 Å². The zero-order chi connectivity index (χ0) is 8.85. The standard InChI is InChI=1S/C7H9NO3/c1-3-6(7(10)11)5(2)8-4-9/h3,5H,1-2H3,(H,10,11)/b6-3+. The van der Waals surface area contributed by atoms with Gasteiger partial charge in [-0.2, -0.15) is 4.99 Å². The lowest BCUT2D eigenvalue weighted by molar-refractivity contribution is -0.132. The quantitative estimate of drug-likeness (QED) is 0.371. The Labute approximate surface area is 64.3 Å². The highest BCUT2D eigenvalue weighted by Gasteiger charge is 2.12. The summed E-state index contributed by atoms with van der Waals surface area (Å²) >= 11 is 0. The fourth-order valence-electron chi connectivity index (χ4n) is 0.692. The first-order chi connectivity index (χ1) is 5.13. The first kappa shape index (κ1) is 9.59. The van der Waals surface area contributed by atoms with E-state index in [-0.39, 0.29) is 5.57 Å². The van der Waals surface area contributed by atoms with E-state index in [1.807, 2.05) is 0 Å². The lowest BCUT2D eigenvalue weighted by atomic mass is 10.1. The lowest BCUT2D eigenvalue weighted by Crippen LogP contribution is -2.12. The first-order valence-corrected chi connectivity index (χ1v) is 3.10. The van der Waals surface area contributed by atoms with E-state index in [0.717, 1.165) is 0 Å². The van der Waals surface area contributed by atoms with Gasteiger partial charge in [-0.25, -0.2) is 9.59 Å². The number of hydrogen-bond acceptors (Lipinski definition) is 3. The Morgan fingerprint density at radius 1 is 1.73 bits per heavy atom. The van der Waals surface area contributed by atoms with Crippen LogP contribution in [0.15, 0.2) is 16.6 Å². The number of carboxylic acids is 1. The number of nitrogens with zero attached hydrogens (tertiary/aromatic N) is 1. The molecule has 0 radical (unpaired) electrons. The molecule has 0 fully saturated rings. The molecular formula is C7H9NO3. The van der Waals surface area contributed by atoms with Crippen LogP contribution in [0, 0.1) is 0 Å². The normalized spacial score (nSPS) is 13.5. The van der Waals surface area contributed by atoms with E-state index in [1.165, 1.54) is 19.1 Å². The molecule has 0 aliphatic rings. The molecule has 0 bridgehead atoms. The van der Waals surface area contributed by atoms with Crippen molar-refractivity contribution < 1.29 is 14.7 Å². The van der Waals surface area contributed by atoms with Crippen molar-refractivity contribution in [2.24, 2.45) is 4.99 Å². The number of isocyanates is 1. The molecule has 60 valence electrons. The molecule has 0 aliphatic carbocycles. The van der Waals surface area contributed by atoms with Crippen LogP contribution in [-0.4, -0.2) is 23.2 Å². The van der Waals surface area contributed by atoms with E-state index in [1.54, 1.807) is 6.92 Å². The van der Waals surface area contributed by atoms with Gasteiger partial charge < -0.3 is 5.11 Å². The molecule has 0 aliphatic heterocycles. The number of carboxylic acid groups (broad SMARTS) is 1. The SMILES string of the molecule is C/C=C(/C(=O)O)C(C)N=C=O. The second-order valence-corrected chi connectivity index (χ2v) is 1.95. The fourth-order valence-corrected chi connectivity index (χ4v) is 0.692. The number of aliphatic carboxylic acids is 1. The minimum Gasteiger partial charge on any atom is -0.478 e. The average molecular weight is 155 g/mol. The first-order valence-electron chi connectivity index (χ1n) is 3.10. The van der Waals surface area contributed by atoms with Crippen LogP contribution in [-0.2, 0) is 9.59 Å². The molecule has 0 saturated carbocycles. The summed E-state index contributed by atoms with van der Waals surface area (Å²) in [5, 5.41) is 8.51. The third-order valence-electron chi connectivity index (χ3n) is 1.25. The molecular weight excluding hydrogens is 146 g/mol. The van der Waals surface area contributed by atoms with Crippen molar-refractivity contribution in [3.05, 3.63) is 11.6 Å². The Kier molecular flexibility index (Phi) is 3.85. The van der Waals surface area contributed by atoms with Crippen LogP contribution < -0.4 is 0 Å². The summed E-state index contributed by atoms with van der Waals surface area (Å²) in [6, 6.07) is -0.616. The summed E-state index contributed by atoms with van der Waals surface area (Å²) in [5.41, 5.74) is 0.105. The van der Waals surface area contributed by atoms with Crippen LogP contribution in [0.1, 0.15) is 13.8 Å². The molecule has 1 N–H and O–H groups in total. The molecule has 0 heterocycles. The fraction of sp³-hybridized carbons (Fsp3) is 0.429. The third-order valence-corrected chi connectivity index (χ3v) is 1.25. The Bertz CT molecular complexity index is 226. The van der Waals surface area contributed by atoms with E-state index in [0.29, 0.717) is 0 Å². The molecule has 0 aromatic carbocycles. The van der Waals surface area contributed by atoms with E-state index < -0.39 is 12.0 Å². The molecule has 0 rings (SSSR count). The van der Waals surface area contributed by atoms with Crippen LogP contribution >= 0.6 is 0 Å². The van der Waals surface area contributed by atoms with Gasteiger partial charge in [0.2, 0.25) is 6.08 Å². The van der Waals surface area contributed by atoms with E-state index in [2.05, 4.69) is 4.99 Å². The van der Waals surface area contributed by atoms with Crippen LogP contribution in [0.3, 0.4) is 0 Å². The molecule has 0 aromatic rings. The predicted molar refractivity (Wildman–Crippen MR) is 39.0 cm³/mol.